The van der Waals surface area contributed by atoms with Gasteiger partial charge < -0.3 is 5.11 Å². The highest BCUT2D eigenvalue weighted by Crippen LogP contribution is 2.23. The number of nitrogens with zero attached hydrogens (tertiary/aromatic N) is 3. The van der Waals surface area contributed by atoms with Crippen LogP contribution in [0.4, 0.5) is 0 Å². The van der Waals surface area contributed by atoms with Gasteiger partial charge in [-0.1, -0.05) is 0 Å². The highest BCUT2D eigenvalue weighted by atomic mass is 16.4. The number of carbonyl (C=O) groups is 1. The summed E-state index contributed by atoms with van der Waals surface area (Å²) in [5.41, 5.74) is 3.90. The summed E-state index contributed by atoms with van der Waals surface area (Å²) < 4.78 is 1.86. The lowest BCUT2D eigenvalue weighted by molar-refractivity contribution is -0.136. The highest BCUT2D eigenvalue weighted by molar-refractivity contribution is 5.80. The smallest absolute Gasteiger partial charge is 0.303 e. The molecule has 0 aliphatic heterocycles. The van der Waals surface area contributed by atoms with Crippen LogP contribution >= 0.6 is 0 Å². The van der Waals surface area contributed by atoms with Crippen molar-refractivity contribution in [2.75, 3.05) is 0 Å². The second-order valence-corrected chi connectivity index (χ2v) is 4.39. The van der Waals surface area contributed by atoms with E-state index < -0.39 is 5.97 Å². The van der Waals surface area contributed by atoms with Gasteiger partial charge in [0.2, 0.25) is 0 Å². The minimum atomic E-state index is -0.779. The summed E-state index contributed by atoms with van der Waals surface area (Å²) >= 11 is 0. The van der Waals surface area contributed by atoms with E-state index in [0.29, 0.717) is 6.42 Å². The van der Waals surface area contributed by atoms with Crippen molar-refractivity contribution < 1.29 is 9.90 Å². The summed E-state index contributed by atoms with van der Waals surface area (Å²) in [5.74, 6) is -0.779. The van der Waals surface area contributed by atoms with E-state index in [1.165, 1.54) is 0 Å². The number of carboxylic acids is 1. The van der Waals surface area contributed by atoms with Gasteiger partial charge in [0.25, 0.3) is 0 Å². The van der Waals surface area contributed by atoms with Gasteiger partial charge in [-0.15, -0.1) is 0 Å². The van der Waals surface area contributed by atoms with Crippen LogP contribution in [0.3, 0.4) is 0 Å². The molecule has 18 heavy (non-hydrogen) atoms. The maximum atomic E-state index is 10.7. The van der Waals surface area contributed by atoms with E-state index in [1.807, 2.05) is 31.6 Å². The lowest BCUT2D eigenvalue weighted by Gasteiger charge is -2.09. The van der Waals surface area contributed by atoms with Crippen LogP contribution in [0.1, 0.15) is 30.2 Å². The molecular formula is C13H17N3O2. The minimum Gasteiger partial charge on any atom is -0.481 e. The summed E-state index contributed by atoms with van der Waals surface area (Å²) in [4.78, 5) is 15.2. The number of rotatable bonds is 4. The molecule has 0 aliphatic carbocycles. The molecule has 1 N–H and O–H groups in total. The van der Waals surface area contributed by atoms with E-state index in [1.54, 1.807) is 0 Å². The van der Waals surface area contributed by atoms with Crippen LogP contribution in [0.15, 0.2) is 6.20 Å². The van der Waals surface area contributed by atoms with Crippen molar-refractivity contribution in [3.63, 3.8) is 0 Å². The van der Waals surface area contributed by atoms with Gasteiger partial charge in [0, 0.05) is 24.0 Å². The first-order valence-corrected chi connectivity index (χ1v) is 6.08. The number of aliphatic carboxylic acids is 1. The molecule has 0 aliphatic rings. The van der Waals surface area contributed by atoms with E-state index in [2.05, 4.69) is 10.1 Å². The average molecular weight is 247 g/mol. The molecule has 0 amide bonds. The molecule has 0 fully saturated rings. The van der Waals surface area contributed by atoms with Gasteiger partial charge >= 0.3 is 5.97 Å². The molecule has 0 saturated heterocycles. The standard InChI is InChI=1S/C13H17N3O2/c1-4-16-13-11(7-14-16)8(2)10(9(3)15-13)5-6-12(17)18/h7H,4-6H2,1-3H3,(H,17,18). The monoisotopic (exact) mass is 247 g/mol. The summed E-state index contributed by atoms with van der Waals surface area (Å²) in [5, 5.41) is 14.1. The van der Waals surface area contributed by atoms with Crippen molar-refractivity contribution in [1.82, 2.24) is 14.8 Å². The van der Waals surface area contributed by atoms with Crippen molar-refractivity contribution in [2.45, 2.75) is 40.2 Å². The maximum absolute atomic E-state index is 10.7. The van der Waals surface area contributed by atoms with Crippen molar-refractivity contribution in [1.29, 1.82) is 0 Å². The fourth-order valence-corrected chi connectivity index (χ4v) is 2.25. The molecule has 0 radical (unpaired) electrons. The minimum absolute atomic E-state index is 0.136. The van der Waals surface area contributed by atoms with Gasteiger partial charge in [0.1, 0.15) is 0 Å². The molecule has 2 heterocycles. The van der Waals surface area contributed by atoms with Crippen LogP contribution in [-0.4, -0.2) is 25.8 Å². The fraction of sp³-hybridized carbons (Fsp3) is 0.462. The first-order valence-electron chi connectivity index (χ1n) is 6.08. The summed E-state index contributed by atoms with van der Waals surface area (Å²) in [7, 11) is 0. The zero-order valence-electron chi connectivity index (χ0n) is 10.9. The zero-order valence-corrected chi connectivity index (χ0v) is 10.9. The Kier molecular flexibility index (Phi) is 3.32. The predicted octanol–water partition coefficient (Wildman–Crippen LogP) is 2.09. The predicted molar refractivity (Wildman–Crippen MR) is 68.6 cm³/mol. The van der Waals surface area contributed by atoms with Crippen LogP contribution in [0.25, 0.3) is 11.0 Å². The second kappa shape index (κ2) is 4.76. The number of aryl methyl sites for hydroxylation is 3. The largest absolute Gasteiger partial charge is 0.481 e. The molecule has 0 unspecified atom stereocenters. The molecule has 0 saturated carbocycles. The summed E-state index contributed by atoms with van der Waals surface area (Å²) in [6.45, 7) is 6.74. The summed E-state index contributed by atoms with van der Waals surface area (Å²) in [6.07, 6.45) is 2.47. The Morgan fingerprint density at radius 3 is 2.78 bits per heavy atom. The molecular weight excluding hydrogens is 230 g/mol. The first kappa shape index (κ1) is 12.5. The number of fused-ring (bicyclic) bond motifs is 1. The Hall–Kier alpha value is -1.91. The Labute approximate surface area is 105 Å². The maximum Gasteiger partial charge on any atom is 0.303 e. The number of carboxylic acid groups (broad SMARTS) is 1. The third-order valence-electron chi connectivity index (χ3n) is 3.27. The van der Waals surface area contributed by atoms with Crippen LogP contribution in [-0.2, 0) is 17.8 Å². The molecule has 0 atom stereocenters. The van der Waals surface area contributed by atoms with Gasteiger partial charge in [-0.2, -0.15) is 5.10 Å². The molecule has 5 nitrogen and oxygen atoms in total. The fourth-order valence-electron chi connectivity index (χ4n) is 2.25. The molecule has 0 bridgehead atoms. The Balaban J connectivity index is 2.52. The van der Waals surface area contributed by atoms with Crippen LogP contribution in [0.5, 0.6) is 0 Å². The van der Waals surface area contributed by atoms with Crippen LogP contribution in [0, 0.1) is 13.8 Å². The van der Waals surface area contributed by atoms with Gasteiger partial charge in [0.05, 0.1) is 6.20 Å². The topological polar surface area (TPSA) is 68.0 Å². The molecule has 96 valence electrons. The Morgan fingerprint density at radius 2 is 2.17 bits per heavy atom. The van der Waals surface area contributed by atoms with Gasteiger partial charge in [-0.3, -0.25) is 4.79 Å². The normalized spacial score (nSPS) is 11.1. The van der Waals surface area contributed by atoms with E-state index in [-0.39, 0.29) is 6.42 Å². The third kappa shape index (κ3) is 2.08. The highest BCUT2D eigenvalue weighted by Gasteiger charge is 2.13. The molecule has 0 spiro atoms. The van der Waals surface area contributed by atoms with Crippen molar-refractivity contribution in [3.05, 3.63) is 23.0 Å². The van der Waals surface area contributed by atoms with Crippen molar-refractivity contribution >= 4 is 17.0 Å². The van der Waals surface area contributed by atoms with Gasteiger partial charge in [0.15, 0.2) is 5.65 Å². The van der Waals surface area contributed by atoms with E-state index in [4.69, 9.17) is 5.11 Å². The third-order valence-corrected chi connectivity index (χ3v) is 3.27. The van der Waals surface area contributed by atoms with E-state index in [0.717, 1.165) is 34.4 Å². The number of hydrogen-bond acceptors (Lipinski definition) is 3. The summed E-state index contributed by atoms with van der Waals surface area (Å²) in [6, 6.07) is 0. The van der Waals surface area contributed by atoms with Gasteiger partial charge in [-0.05, 0) is 38.3 Å². The number of aromatic nitrogens is 3. The molecule has 2 aromatic heterocycles. The van der Waals surface area contributed by atoms with E-state index in [9.17, 15) is 4.79 Å². The number of pyridine rings is 1. The van der Waals surface area contributed by atoms with E-state index >= 15 is 0 Å². The Bertz CT molecular complexity index is 602. The van der Waals surface area contributed by atoms with Crippen LogP contribution < -0.4 is 0 Å². The van der Waals surface area contributed by atoms with Crippen molar-refractivity contribution in [3.8, 4) is 0 Å². The zero-order chi connectivity index (χ0) is 13.3. The van der Waals surface area contributed by atoms with Crippen molar-refractivity contribution in [2.24, 2.45) is 0 Å². The number of hydrogen-bond donors (Lipinski definition) is 1. The van der Waals surface area contributed by atoms with Gasteiger partial charge in [-0.25, -0.2) is 9.67 Å². The lowest BCUT2D eigenvalue weighted by Crippen LogP contribution is -2.05. The first-order chi connectivity index (χ1) is 8.54. The quantitative estimate of drug-likeness (QED) is 0.898. The molecule has 2 aromatic rings. The molecule has 5 heteroatoms. The molecule has 2 rings (SSSR count). The second-order valence-electron chi connectivity index (χ2n) is 4.39. The average Bonchev–Trinajstić information content (AvgIpc) is 2.71. The lowest BCUT2D eigenvalue weighted by atomic mass is 10.0. The molecule has 0 aromatic carbocycles. The SMILES string of the molecule is CCn1ncc2c(C)c(CCC(=O)O)c(C)nc21. The Morgan fingerprint density at radius 1 is 1.44 bits per heavy atom. The van der Waals surface area contributed by atoms with Crippen LogP contribution in [0.2, 0.25) is 0 Å².